The lowest BCUT2D eigenvalue weighted by atomic mass is 10.2. The van der Waals surface area contributed by atoms with Crippen molar-refractivity contribution >= 4 is 11.9 Å². The second kappa shape index (κ2) is 9.63. The zero-order valence-corrected chi connectivity index (χ0v) is 11.5. The number of hydrogen-bond acceptors (Lipinski definition) is 2. The number of alkyl halides is 3. The highest BCUT2D eigenvalue weighted by Gasteiger charge is 2.28. The molecule has 0 aromatic heterocycles. The van der Waals surface area contributed by atoms with Crippen LogP contribution in [0.25, 0.3) is 0 Å². The lowest BCUT2D eigenvalue weighted by Crippen LogP contribution is -2.25. The number of hydrogen-bond donors (Lipinski definition) is 1. The third-order valence-corrected chi connectivity index (χ3v) is 2.26. The minimum Gasteiger partial charge on any atom is -0.455 e. The van der Waals surface area contributed by atoms with Crippen LogP contribution in [-0.2, 0) is 4.74 Å². The average Bonchev–Trinajstić information content (AvgIpc) is 2.30. The summed E-state index contributed by atoms with van der Waals surface area (Å²) in [6.07, 6.45) is 1.18. The van der Waals surface area contributed by atoms with Gasteiger partial charge in [0.05, 0.1) is 0 Å². The summed E-state index contributed by atoms with van der Waals surface area (Å²) >= 11 is 0. The second-order valence-electron chi connectivity index (χ2n) is 4.20. The van der Waals surface area contributed by atoms with E-state index in [-0.39, 0.29) is 0 Å². The van der Waals surface area contributed by atoms with E-state index in [1.165, 1.54) is 19.3 Å². The number of unbranched alkanes of at least 4 members (excludes halogenated alkanes) is 4. The van der Waals surface area contributed by atoms with Gasteiger partial charge in [-0.15, -0.1) is 0 Å². The van der Waals surface area contributed by atoms with Crippen molar-refractivity contribution in [1.29, 1.82) is 0 Å². The number of aliphatic imine (C=N–C) groups is 2. The maximum atomic E-state index is 11.8. The maximum Gasteiger partial charge on any atom is 0.422 e. The Balaban J connectivity index is 3.88. The number of amidine groups is 2. The van der Waals surface area contributed by atoms with E-state index in [0.29, 0.717) is 12.4 Å². The molecule has 0 rings (SSSR count). The summed E-state index contributed by atoms with van der Waals surface area (Å²) in [6.45, 7) is 2.88. The third-order valence-electron chi connectivity index (χ3n) is 2.26. The van der Waals surface area contributed by atoms with Gasteiger partial charge in [0.2, 0.25) is 0 Å². The summed E-state index contributed by atoms with van der Waals surface area (Å²) in [5.41, 5.74) is 5.20. The number of ether oxygens (including phenoxy) is 1. The van der Waals surface area contributed by atoms with Gasteiger partial charge in [-0.3, -0.25) is 4.99 Å². The molecule has 0 fully saturated rings. The quantitative estimate of drug-likeness (QED) is 0.442. The van der Waals surface area contributed by atoms with Crippen molar-refractivity contribution in [2.24, 2.45) is 15.7 Å². The molecule has 2 N–H and O–H groups in total. The molecule has 0 aliphatic heterocycles. The van der Waals surface area contributed by atoms with Crippen molar-refractivity contribution in [2.45, 2.75) is 52.1 Å². The molecule has 112 valence electrons. The zero-order chi connectivity index (χ0) is 14.7. The Morgan fingerprint density at radius 3 is 2.37 bits per heavy atom. The van der Waals surface area contributed by atoms with E-state index < -0.39 is 18.8 Å². The molecular weight excluding hydrogens is 259 g/mol. The van der Waals surface area contributed by atoms with E-state index in [9.17, 15) is 13.2 Å². The highest BCUT2D eigenvalue weighted by Crippen LogP contribution is 2.14. The van der Waals surface area contributed by atoms with Crippen LogP contribution in [0.3, 0.4) is 0 Å². The van der Waals surface area contributed by atoms with Gasteiger partial charge in [-0.2, -0.15) is 18.2 Å². The molecule has 0 saturated heterocycles. The van der Waals surface area contributed by atoms with Crippen LogP contribution in [0.5, 0.6) is 0 Å². The van der Waals surface area contributed by atoms with Crippen LogP contribution < -0.4 is 5.73 Å². The molecule has 0 aromatic rings. The minimum absolute atomic E-state index is 0.329. The maximum absolute atomic E-state index is 11.8. The standard InChI is InChI=1S/C12H22F3N3O/c1-3-4-5-6-7-8-17-10(2)18-11(16)19-9-12(13,14)15/h3-9H2,1-2H3,(H2,16,17,18). The van der Waals surface area contributed by atoms with E-state index >= 15 is 0 Å². The van der Waals surface area contributed by atoms with Crippen molar-refractivity contribution in [3.8, 4) is 0 Å². The van der Waals surface area contributed by atoms with Gasteiger partial charge in [0, 0.05) is 6.54 Å². The minimum atomic E-state index is -4.41. The summed E-state index contributed by atoms with van der Waals surface area (Å²) < 4.78 is 39.8. The van der Waals surface area contributed by atoms with Crippen molar-refractivity contribution in [2.75, 3.05) is 13.2 Å². The first-order valence-electron chi connectivity index (χ1n) is 6.40. The van der Waals surface area contributed by atoms with Gasteiger partial charge in [-0.1, -0.05) is 32.6 Å². The number of nitrogens with zero attached hydrogens (tertiary/aromatic N) is 2. The average molecular weight is 281 g/mol. The van der Waals surface area contributed by atoms with Gasteiger partial charge in [0.1, 0.15) is 5.84 Å². The number of nitrogens with two attached hydrogens (primary N) is 1. The summed E-state index contributed by atoms with van der Waals surface area (Å²) in [7, 11) is 0. The first-order valence-corrected chi connectivity index (χ1v) is 6.40. The predicted octanol–water partition coefficient (Wildman–Crippen LogP) is 3.27. The molecule has 0 saturated carbocycles. The monoisotopic (exact) mass is 281 g/mol. The summed E-state index contributed by atoms with van der Waals surface area (Å²) in [5.74, 6) is 0.329. The molecule has 0 bridgehead atoms. The first kappa shape index (κ1) is 17.7. The fourth-order valence-corrected chi connectivity index (χ4v) is 1.34. The molecule has 7 heteroatoms. The molecule has 19 heavy (non-hydrogen) atoms. The van der Waals surface area contributed by atoms with Crippen molar-refractivity contribution < 1.29 is 17.9 Å². The fourth-order valence-electron chi connectivity index (χ4n) is 1.34. The molecule has 0 radical (unpaired) electrons. The largest absolute Gasteiger partial charge is 0.455 e. The normalized spacial score (nSPS) is 13.7. The fraction of sp³-hybridized carbons (Fsp3) is 0.833. The Labute approximate surface area is 111 Å². The molecular formula is C12H22F3N3O. The van der Waals surface area contributed by atoms with Gasteiger partial charge in [0.25, 0.3) is 6.02 Å². The Bertz CT molecular complexity index is 301. The van der Waals surface area contributed by atoms with Crippen LogP contribution >= 0.6 is 0 Å². The highest BCUT2D eigenvalue weighted by atomic mass is 19.4. The summed E-state index contributed by atoms with van der Waals surface area (Å²) in [5, 5.41) is 0. The Hall–Kier alpha value is -1.27. The van der Waals surface area contributed by atoms with Gasteiger partial charge < -0.3 is 10.5 Å². The van der Waals surface area contributed by atoms with Gasteiger partial charge in [-0.05, 0) is 13.3 Å². The van der Waals surface area contributed by atoms with Crippen LogP contribution in [-0.4, -0.2) is 31.2 Å². The zero-order valence-electron chi connectivity index (χ0n) is 11.5. The van der Waals surface area contributed by atoms with Crippen molar-refractivity contribution in [3.05, 3.63) is 0 Å². The van der Waals surface area contributed by atoms with E-state index in [1.54, 1.807) is 6.92 Å². The van der Waals surface area contributed by atoms with Crippen LogP contribution in [0.15, 0.2) is 9.98 Å². The molecule has 0 heterocycles. The lowest BCUT2D eigenvalue weighted by molar-refractivity contribution is -0.156. The van der Waals surface area contributed by atoms with Crippen molar-refractivity contribution in [3.63, 3.8) is 0 Å². The lowest BCUT2D eigenvalue weighted by Gasteiger charge is -2.07. The molecule has 0 aliphatic carbocycles. The van der Waals surface area contributed by atoms with Crippen LogP contribution in [0.1, 0.15) is 46.0 Å². The smallest absolute Gasteiger partial charge is 0.422 e. The molecule has 0 amide bonds. The van der Waals surface area contributed by atoms with E-state index in [2.05, 4.69) is 21.6 Å². The Morgan fingerprint density at radius 1 is 1.16 bits per heavy atom. The van der Waals surface area contributed by atoms with E-state index in [0.717, 1.165) is 12.8 Å². The first-order chi connectivity index (χ1) is 8.85. The van der Waals surface area contributed by atoms with Crippen molar-refractivity contribution in [1.82, 2.24) is 0 Å². The van der Waals surface area contributed by atoms with Crippen LogP contribution in [0, 0.1) is 0 Å². The molecule has 0 aliphatic rings. The predicted molar refractivity (Wildman–Crippen MR) is 70.4 cm³/mol. The molecule has 0 aromatic carbocycles. The summed E-state index contributed by atoms with van der Waals surface area (Å²) in [4.78, 5) is 7.73. The van der Waals surface area contributed by atoms with Crippen LogP contribution in [0.4, 0.5) is 13.2 Å². The number of rotatable bonds is 7. The Kier molecular flexibility index (Phi) is 8.99. The van der Waals surface area contributed by atoms with Gasteiger partial charge in [-0.25, -0.2) is 0 Å². The molecule has 0 spiro atoms. The third kappa shape index (κ3) is 13.0. The Morgan fingerprint density at radius 2 is 1.79 bits per heavy atom. The van der Waals surface area contributed by atoms with Gasteiger partial charge >= 0.3 is 6.18 Å². The van der Waals surface area contributed by atoms with E-state index in [4.69, 9.17) is 5.73 Å². The molecule has 0 atom stereocenters. The SMILES string of the molecule is CCCCCCCN=C(C)N=C(N)OCC(F)(F)F. The molecule has 4 nitrogen and oxygen atoms in total. The van der Waals surface area contributed by atoms with Gasteiger partial charge in [0.15, 0.2) is 6.61 Å². The van der Waals surface area contributed by atoms with E-state index in [1.807, 2.05) is 0 Å². The van der Waals surface area contributed by atoms with Crippen LogP contribution in [0.2, 0.25) is 0 Å². The second-order valence-corrected chi connectivity index (χ2v) is 4.20. The molecule has 0 unspecified atom stereocenters. The highest BCUT2D eigenvalue weighted by molar-refractivity contribution is 5.91. The topological polar surface area (TPSA) is 60.0 Å². The number of halogens is 3. The summed E-state index contributed by atoms with van der Waals surface area (Å²) in [6, 6.07) is -0.510.